The number of carbonyl (C=O) groups excluding carboxylic acids is 1. The van der Waals surface area contributed by atoms with Gasteiger partial charge >= 0.3 is 5.97 Å². The SMILES string of the molecule is CCNC(=O)c1cc(N2C3CCC2C(C(=O)O)C3)ccn1. The minimum absolute atomic E-state index is 0.0389. The Labute approximate surface area is 123 Å². The maximum absolute atomic E-state index is 11.9. The summed E-state index contributed by atoms with van der Waals surface area (Å²) in [5.74, 6) is -1.21. The first kappa shape index (κ1) is 13.9. The van der Waals surface area contributed by atoms with E-state index in [1.165, 1.54) is 0 Å². The number of aliphatic carboxylic acids is 1. The van der Waals surface area contributed by atoms with Crippen LogP contribution in [0.5, 0.6) is 0 Å². The molecule has 3 unspecified atom stereocenters. The van der Waals surface area contributed by atoms with Gasteiger partial charge < -0.3 is 15.3 Å². The number of nitrogens with zero attached hydrogens (tertiary/aromatic N) is 2. The van der Waals surface area contributed by atoms with Gasteiger partial charge in [-0.2, -0.15) is 0 Å². The van der Waals surface area contributed by atoms with Gasteiger partial charge in [0.2, 0.25) is 0 Å². The molecule has 21 heavy (non-hydrogen) atoms. The van der Waals surface area contributed by atoms with Gasteiger partial charge in [0.05, 0.1) is 5.92 Å². The molecule has 0 saturated carbocycles. The number of fused-ring (bicyclic) bond motifs is 2. The number of aromatic nitrogens is 1. The average molecular weight is 289 g/mol. The molecule has 2 aliphatic rings. The third-order valence-corrected chi connectivity index (χ3v) is 4.47. The highest BCUT2D eigenvalue weighted by molar-refractivity contribution is 5.93. The van der Waals surface area contributed by atoms with Crippen LogP contribution in [0.2, 0.25) is 0 Å². The van der Waals surface area contributed by atoms with Gasteiger partial charge in [0.25, 0.3) is 5.91 Å². The molecule has 3 atom stereocenters. The molecule has 3 heterocycles. The Hall–Kier alpha value is -2.11. The summed E-state index contributed by atoms with van der Waals surface area (Å²) >= 11 is 0. The Kier molecular flexibility index (Phi) is 3.53. The molecule has 6 nitrogen and oxygen atoms in total. The standard InChI is InChI=1S/C15H19N3O3/c1-2-16-14(19)12-8-10(5-6-17-12)18-9-3-4-13(18)11(7-9)15(20)21/h5-6,8-9,11,13H,2-4,7H2,1H3,(H,16,19)(H,20,21). The molecule has 1 aromatic heterocycles. The normalized spacial score (nSPS) is 26.9. The second-order valence-electron chi connectivity index (χ2n) is 5.64. The zero-order valence-corrected chi connectivity index (χ0v) is 12.0. The van der Waals surface area contributed by atoms with Crippen LogP contribution in [-0.4, -0.2) is 40.6 Å². The van der Waals surface area contributed by atoms with Crippen LogP contribution >= 0.6 is 0 Å². The molecule has 112 valence electrons. The molecule has 1 aromatic rings. The molecule has 2 N–H and O–H groups in total. The summed E-state index contributed by atoms with van der Waals surface area (Å²) in [6.45, 7) is 2.42. The van der Waals surface area contributed by atoms with Gasteiger partial charge in [0.1, 0.15) is 5.69 Å². The summed E-state index contributed by atoms with van der Waals surface area (Å²) < 4.78 is 0. The van der Waals surface area contributed by atoms with E-state index in [9.17, 15) is 14.7 Å². The highest BCUT2D eigenvalue weighted by Crippen LogP contribution is 2.44. The van der Waals surface area contributed by atoms with Crippen molar-refractivity contribution in [3.63, 3.8) is 0 Å². The molecule has 0 aromatic carbocycles. The second kappa shape index (κ2) is 5.35. The second-order valence-corrected chi connectivity index (χ2v) is 5.64. The van der Waals surface area contributed by atoms with Gasteiger partial charge in [0, 0.05) is 30.5 Å². The number of rotatable bonds is 4. The molecular weight excluding hydrogens is 270 g/mol. The van der Waals surface area contributed by atoms with Gasteiger partial charge in [-0.05, 0) is 38.3 Å². The van der Waals surface area contributed by atoms with E-state index in [2.05, 4.69) is 15.2 Å². The lowest BCUT2D eigenvalue weighted by molar-refractivity contribution is -0.142. The summed E-state index contributed by atoms with van der Waals surface area (Å²) in [5, 5.41) is 12.0. The first-order valence-corrected chi connectivity index (χ1v) is 7.37. The number of carboxylic acids is 1. The Bertz CT molecular complexity index is 575. The first-order valence-electron chi connectivity index (χ1n) is 7.37. The van der Waals surface area contributed by atoms with Gasteiger partial charge in [0.15, 0.2) is 0 Å². The monoisotopic (exact) mass is 289 g/mol. The first-order chi connectivity index (χ1) is 10.1. The third kappa shape index (κ3) is 2.34. The number of hydrogen-bond donors (Lipinski definition) is 2. The number of anilines is 1. The number of amides is 1. The molecule has 1 amide bonds. The van der Waals surface area contributed by atoms with E-state index < -0.39 is 5.97 Å². The molecule has 6 heteroatoms. The fraction of sp³-hybridized carbons (Fsp3) is 0.533. The Morgan fingerprint density at radius 3 is 2.95 bits per heavy atom. The summed E-state index contributed by atoms with van der Waals surface area (Å²) in [5.41, 5.74) is 1.29. The van der Waals surface area contributed by atoms with Crippen molar-refractivity contribution in [2.45, 2.75) is 38.3 Å². The highest BCUT2D eigenvalue weighted by atomic mass is 16.4. The van der Waals surface area contributed by atoms with E-state index in [0.29, 0.717) is 18.7 Å². The largest absolute Gasteiger partial charge is 0.481 e. The molecule has 2 aliphatic heterocycles. The van der Waals surface area contributed by atoms with E-state index in [1.807, 2.05) is 13.0 Å². The van der Waals surface area contributed by atoms with Gasteiger partial charge in [-0.1, -0.05) is 0 Å². The van der Waals surface area contributed by atoms with Crippen LogP contribution in [-0.2, 0) is 4.79 Å². The van der Waals surface area contributed by atoms with Crippen LogP contribution in [0.25, 0.3) is 0 Å². The lowest BCUT2D eigenvalue weighted by Gasteiger charge is -2.25. The van der Waals surface area contributed by atoms with Crippen molar-refractivity contribution in [1.29, 1.82) is 0 Å². The molecule has 2 fully saturated rings. The van der Waals surface area contributed by atoms with Crippen LogP contribution in [0.3, 0.4) is 0 Å². The van der Waals surface area contributed by atoms with Crippen LogP contribution < -0.4 is 10.2 Å². The fourth-order valence-electron chi connectivity index (χ4n) is 3.61. The zero-order valence-electron chi connectivity index (χ0n) is 12.0. The van der Waals surface area contributed by atoms with Gasteiger partial charge in [-0.15, -0.1) is 0 Å². The average Bonchev–Trinajstić information content (AvgIpc) is 3.05. The van der Waals surface area contributed by atoms with Crippen LogP contribution in [0.15, 0.2) is 18.3 Å². The highest BCUT2D eigenvalue weighted by Gasteiger charge is 2.49. The molecule has 2 saturated heterocycles. The maximum Gasteiger partial charge on any atom is 0.308 e. The summed E-state index contributed by atoms with van der Waals surface area (Å²) in [6.07, 6.45) is 4.24. The van der Waals surface area contributed by atoms with E-state index in [1.54, 1.807) is 12.3 Å². The van der Waals surface area contributed by atoms with E-state index in [4.69, 9.17) is 0 Å². The number of nitrogens with one attached hydrogen (secondary N) is 1. The minimum atomic E-state index is -0.717. The molecule has 2 bridgehead atoms. The zero-order chi connectivity index (χ0) is 15.0. The van der Waals surface area contributed by atoms with Crippen molar-refractivity contribution in [2.24, 2.45) is 5.92 Å². The van der Waals surface area contributed by atoms with Crippen molar-refractivity contribution in [3.05, 3.63) is 24.0 Å². The Morgan fingerprint density at radius 1 is 1.48 bits per heavy atom. The van der Waals surface area contributed by atoms with Gasteiger partial charge in [-0.3, -0.25) is 14.6 Å². The summed E-state index contributed by atoms with van der Waals surface area (Å²) in [4.78, 5) is 29.5. The van der Waals surface area contributed by atoms with E-state index in [0.717, 1.165) is 18.5 Å². The van der Waals surface area contributed by atoms with E-state index >= 15 is 0 Å². The topological polar surface area (TPSA) is 82.5 Å². The molecule has 0 radical (unpaired) electrons. The third-order valence-electron chi connectivity index (χ3n) is 4.47. The molecular formula is C15H19N3O3. The molecule has 0 aliphatic carbocycles. The van der Waals surface area contributed by atoms with Crippen LogP contribution in [0.1, 0.15) is 36.7 Å². The maximum atomic E-state index is 11.9. The van der Waals surface area contributed by atoms with Crippen molar-refractivity contribution < 1.29 is 14.7 Å². The predicted octanol–water partition coefficient (Wildman–Crippen LogP) is 1.27. The number of pyridine rings is 1. The predicted molar refractivity (Wildman–Crippen MR) is 77.3 cm³/mol. The van der Waals surface area contributed by atoms with Crippen molar-refractivity contribution in [3.8, 4) is 0 Å². The van der Waals surface area contributed by atoms with Crippen LogP contribution in [0.4, 0.5) is 5.69 Å². The fourth-order valence-corrected chi connectivity index (χ4v) is 3.61. The Balaban J connectivity index is 1.86. The van der Waals surface area contributed by atoms with E-state index in [-0.39, 0.29) is 23.9 Å². The number of carboxylic acid groups (broad SMARTS) is 1. The lowest BCUT2D eigenvalue weighted by atomic mass is 9.89. The summed E-state index contributed by atoms with van der Waals surface area (Å²) in [7, 11) is 0. The van der Waals surface area contributed by atoms with Crippen molar-refractivity contribution in [2.75, 3.05) is 11.4 Å². The minimum Gasteiger partial charge on any atom is -0.481 e. The van der Waals surface area contributed by atoms with Crippen LogP contribution in [0, 0.1) is 5.92 Å². The smallest absolute Gasteiger partial charge is 0.308 e. The van der Waals surface area contributed by atoms with Gasteiger partial charge in [-0.25, -0.2) is 0 Å². The molecule has 3 rings (SSSR count). The number of hydrogen-bond acceptors (Lipinski definition) is 4. The molecule has 0 spiro atoms. The number of carbonyl (C=O) groups is 2. The summed E-state index contributed by atoms with van der Waals surface area (Å²) in [6, 6.07) is 3.93. The Morgan fingerprint density at radius 2 is 2.29 bits per heavy atom. The van der Waals surface area contributed by atoms with Crippen molar-refractivity contribution in [1.82, 2.24) is 10.3 Å². The van der Waals surface area contributed by atoms with Crippen molar-refractivity contribution >= 4 is 17.6 Å². The lowest BCUT2D eigenvalue weighted by Crippen LogP contribution is -2.33. The quantitative estimate of drug-likeness (QED) is 0.872.